The van der Waals surface area contributed by atoms with Gasteiger partial charge in [-0.25, -0.2) is 9.78 Å². The van der Waals surface area contributed by atoms with Crippen LogP contribution in [-0.4, -0.2) is 44.4 Å². The largest absolute Gasteiger partial charge is 0.378 e. The van der Waals surface area contributed by atoms with Crippen LogP contribution >= 0.6 is 11.3 Å². The van der Waals surface area contributed by atoms with Crippen LogP contribution in [0.25, 0.3) is 0 Å². The van der Waals surface area contributed by atoms with Crippen molar-refractivity contribution in [3.63, 3.8) is 0 Å². The Morgan fingerprint density at radius 3 is 2.91 bits per heavy atom. The quantitative estimate of drug-likeness (QED) is 0.840. The predicted octanol–water partition coefficient (Wildman–Crippen LogP) is 2.07. The van der Waals surface area contributed by atoms with Gasteiger partial charge in [0.05, 0.1) is 18.3 Å². The van der Waals surface area contributed by atoms with Gasteiger partial charge in [-0.1, -0.05) is 13.8 Å². The van der Waals surface area contributed by atoms with Crippen molar-refractivity contribution in [3.05, 3.63) is 11.1 Å². The molecule has 2 atom stereocenters. The fourth-order valence-corrected chi connectivity index (χ4v) is 3.41. The minimum absolute atomic E-state index is 0.145. The van der Waals surface area contributed by atoms with Crippen LogP contribution in [0.5, 0.6) is 0 Å². The highest BCUT2D eigenvalue weighted by atomic mass is 32.1. The Bertz CT molecular complexity index is 490. The van der Waals surface area contributed by atoms with E-state index in [-0.39, 0.29) is 12.1 Å². The summed E-state index contributed by atoms with van der Waals surface area (Å²) >= 11 is 1.57. The Kier molecular flexibility index (Phi) is 6.02. The Hall–Kier alpha value is -1.34. The van der Waals surface area contributed by atoms with Crippen molar-refractivity contribution in [1.29, 1.82) is 0 Å². The lowest BCUT2D eigenvalue weighted by molar-refractivity contribution is 0.0545. The summed E-state index contributed by atoms with van der Waals surface area (Å²) in [6.45, 7) is 6.23. The first kappa shape index (κ1) is 17.0. The highest BCUT2D eigenvalue weighted by Gasteiger charge is 2.30. The standard InChI is InChI=1S/C15H26N4O2S/c1-10(2)13-11(5-6-21-13)7-16-14(20)17-8-12-9-22-15(18-12)19(3)4/h9-11,13H,5-8H2,1-4H3,(H2,16,17,20)/t11-,13-/m1/s1. The third-order valence-corrected chi connectivity index (χ3v) is 4.85. The molecule has 0 spiro atoms. The van der Waals surface area contributed by atoms with Crippen LogP contribution in [0.4, 0.5) is 9.93 Å². The molecule has 0 aromatic carbocycles. The van der Waals surface area contributed by atoms with Gasteiger partial charge in [0.15, 0.2) is 5.13 Å². The molecule has 2 amide bonds. The summed E-state index contributed by atoms with van der Waals surface area (Å²) in [4.78, 5) is 18.3. The van der Waals surface area contributed by atoms with E-state index in [4.69, 9.17) is 4.74 Å². The molecule has 0 unspecified atom stereocenters. The maximum atomic E-state index is 11.9. The van der Waals surface area contributed by atoms with E-state index in [1.54, 1.807) is 11.3 Å². The Balaban J connectivity index is 1.71. The van der Waals surface area contributed by atoms with Crippen molar-refractivity contribution in [3.8, 4) is 0 Å². The summed E-state index contributed by atoms with van der Waals surface area (Å²) in [5.41, 5.74) is 0.883. The molecule has 22 heavy (non-hydrogen) atoms. The monoisotopic (exact) mass is 326 g/mol. The molecule has 0 radical (unpaired) electrons. The van der Waals surface area contributed by atoms with E-state index >= 15 is 0 Å². The second-order valence-electron chi connectivity index (χ2n) is 6.21. The Morgan fingerprint density at radius 2 is 2.27 bits per heavy atom. The first-order valence-electron chi connectivity index (χ1n) is 7.72. The third kappa shape index (κ3) is 4.58. The van der Waals surface area contributed by atoms with E-state index in [1.165, 1.54) is 0 Å². The van der Waals surface area contributed by atoms with Gasteiger partial charge < -0.3 is 20.3 Å². The summed E-state index contributed by atoms with van der Waals surface area (Å²) in [5, 5.41) is 8.71. The number of nitrogens with zero attached hydrogens (tertiary/aromatic N) is 2. The van der Waals surface area contributed by atoms with Crippen LogP contribution in [0.1, 0.15) is 26.0 Å². The van der Waals surface area contributed by atoms with Crippen LogP contribution in [0, 0.1) is 11.8 Å². The van der Waals surface area contributed by atoms with E-state index < -0.39 is 0 Å². The van der Waals surface area contributed by atoms with Gasteiger partial charge in [0.25, 0.3) is 0 Å². The molecule has 1 aromatic heterocycles. The Labute approximate surface area is 136 Å². The maximum Gasteiger partial charge on any atom is 0.315 e. The molecule has 1 fully saturated rings. The topological polar surface area (TPSA) is 66.5 Å². The normalized spacial score (nSPS) is 21.1. The van der Waals surface area contributed by atoms with Gasteiger partial charge in [-0.3, -0.25) is 0 Å². The third-order valence-electron chi connectivity index (χ3n) is 3.80. The number of urea groups is 1. The van der Waals surface area contributed by atoms with Gasteiger partial charge in [-0.05, 0) is 12.3 Å². The predicted molar refractivity (Wildman–Crippen MR) is 89.4 cm³/mol. The molecule has 0 saturated carbocycles. The molecule has 6 nitrogen and oxygen atoms in total. The first-order chi connectivity index (χ1) is 10.5. The molecule has 124 valence electrons. The number of hydrogen-bond acceptors (Lipinski definition) is 5. The number of aromatic nitrogens is 1. The lowest BCUT2D eigenvalue weighted by Gasteiger charge is -2.22. The van der Waals surface area contributed by atoms with Crippen LogP contribution < -0.4 is 15.5 Å². The van der Waals surface area contributed by atoms with E-state index in [0.717, 1.165) is 23.9 Å². The molecule has 0 bridgehead atoms. The fraction of sp³-hybridized carbons (Fsp3) is 0.733. The number of rotatable bonds is 6. The molecule has 1 aliphatic heterocycles. The highest BCUT2D eigenvalue weighted by Crippen LogP contribution is 2.26. The lowest BCUT2D eigenvalue weighted by Crippen LogP contribution is -2.40. The number of amides is 2. The number of carbonyl (C=O) groups excluding carboxylic acids is 1. The zero-order chi connectivity index (χ0) is 16.1. The van der Waals surface area contributed by atoms with Crippen LogP contribution in [0.2, 0.25) is 0 Å². The van der Waals surface area contributed by atoms with E-state index in [2.05, 4.69) is 29.5 Å². The number of anilines is 1. The molecule has 0 aliphatic carbocycles. The summed E-state index contributed by atoms with van der Waals surface area (Å²) in [7, 11) is 3.91. The van der Waals surface area contributed by atoms with Crippen molar-refractivity contribution in [2.24, 2.45) is 11.8 Å². The van der Waals surface area contributed by atoms with Crippen molar-refractivity contribution in [1.82, 2.24) is 15.6 Å². The number of thiazole rings is 1. The van der Waals surface area contributed by atoms with Crippen molar-refractivity contribution >= 4 is 22.5 Å². The number of nitrogens with one attached hydrogen (secondary N) is 2. The molecule has 1 saturated heterocycles. The van der Waals surface area contributed by atoms with Crippen molar-refractivity contribution < 1.29 is 9.53 Å². The second kappa shape index (κ2) is 7.78. The zero-order valence-electron chi connectivity index (χ0n) is 13.8. The zero-order valence-corrected chi connectivity index (χ0v) is 14.6. The molecule has 7 heteroatoms. The van der Waals surface area contributed by atoms with Gasteiger partial charge in [0, 0.05) is 38.5 Å². The molecule has 1 aliphatic rings. The van der Waals surface area contributed by atoms with Crippen LogP contribution in [-0.2, 0) is 11.3 Å². The van der Waals surface area contributed by atoms with Crippen molar-refractivity contribution in [2.45, 2.75) is 32.9 Å². The maximum absolute atomic E-state index is 11.9. The van der Waals surface area contributed by atoms with E-state index in [9.17, 15) is 4.79 Å². The number of hydrogen-bond donors (Lipinski definition) is 2. The number of ether oxygens (including phenoxy) is 1. The van der Waals surface area contributed by atoms with Gasteiger partial charge in [0.2, 0.25) is 0 Å². The lowest BCUT2D eigenvalue weighted by atomic mass is 9.93. The van der Waals surface area contributed by atoms with Gasteiger partial charge in [-0.2, -0.15) is 0 Å². The van der Waals surface area contributed by atoms with Gasteiger partial charge in [0.1, 0.15) is 0 Å². The highest BCUT2D eigenvalue weighted by molar-refractivity contribution is 7.13. The van der Waals surface area contributed by atoms with E-state index in [1.807, 2.05) is 24.4 Å². The minimum atomic E-state index is -0.145. The summed E-state index contributed by atoms with van der Waals surface area (Å²) in [5.74, 6) is 0.891. The molecule has 1 aromatic rings. The molecule has 2 rings (SSSR count). The summed E-state index contributed by atoms with van der Waals surface area (Å²) < 4.78 is 5.73. The Morgan fingerprint density at radius 1 is 1.50 bits per heavy atom. The minimum Gasteiger partial charge on any atom is -0.378 e. The smallest absolute Gasteiger partial charge is 0.315 e. The summed E-state index contributed by atoms with van der Waals surface area (Å²) in [6, 6.07) is -0.145. The van der Waals surface area contributed by atoms with Crippen LogP contribution in [0.15, 0.2) is 5.38 Å². The first-order valence-corrected chi connectivity index (χ1v) is 8.60. The molecule has 2 N–H and O–H groups in total. The SMILES string of the molecule is CC(C)[C@H]1OCC[C@@H]1CNC(=O)NCc1csc(N(C)C)n1. The van der Waals surface area contributed by atoms with Gasteiger partial charge in [-0.15, -0.1) is 11.3 Å². The number of carbonyl (C=O) groups is 1. The summed E-state index contributed by atoms with van der Waals surface area (Å²) in [6.07, 6.45) is 1.27. The van der Waals surface area contributed by atoms with E-state index in [0.29, 0.717) is 24.9 Å². The average Bonchev–Trinajstić information content (AvgIpc) is 3.11. The molecular formula is C15H26N4O2S. The fourth-order valence-electron chi connectivity index (χ4n) is 2.65. The van der Waals surface area contributed by atoms with Gasteiger partial charge >= 0.3 is 6.03 Å². The molecule has 2 heterocycles. The molecular weight excluding hydrogens is 300 g/mol. The van der Waals surface area contributed by atoms with Crippen molar-refractivity contribution in [2.75, 3.05) is 32.1 Å². The second-order valence-corrected chi connectivity index (χ2v) is 7.04. The average molecular weight is 326 g/mol. The van der Waals surface area contributed by atoms with Crippen LogP contribution in [0.3, 0.4) is 0 Å².